The van der Waals surface area contributed by atoms with E-state index in [9.17, 15) is 0 Å². The highest BCUT2D eigenvalue weighted by atomic mass is 28.4. The van der Waals surface area contributed by atoms with Crippen molar-refractivity contribution in [3.63, 3.8) is 0 Å². The Morgan fingerprint density at radius 3 is 1.93 bits per heavy atom. The molecule has 0 unspecified atom stereocenters. The minimum Gasteiger partial charge on any atom is -0.394 e. The fraction of sp³-hybridized carbons (Fsp3) is 1.00. The molecule has 0 radical (unpaired) electrons. The van der Waals surface area contributed by atoms with Crippen molar-refractivity contribution >= 4 is 8.56 Å². The van der Waals surface area contributed by atoms with Crippen LogP contribution in [0.5, 0.6) is 0 Å². The second kappa shape index (κ2) is 5.88. The van der Waals surface area contributed by atoms with Crippen LogP contribution in [0.2, 0.25) is 11.6 Å². The second-order valence-corrected chi connectivity index (χ2v) is 7.57. The van der Waals surface area contributed by atoms with Crippen molar-refractivity contribution in [3.8, 4) is 0 Å². The predicted octanol–water partition coefficient (Wildman–Crippen LogP) is 3.47. The quantitative estimate of drug-likeness (QED) is 0.607. The Hall–Kier alpha value is 0.137. The molecule has 1 fully saturated rings. The van der Waals surface area contributed by atoms with Crippen LogP contribution in [0.15, 0.2) is 0 Å². The molecule has 1 aliphatic rings. The van der Waals surface area contributed by atoms with Crippen molar-refractivity contribution in [2.24, 2.45) is 0 Å². The second-order valence-electron chi connectivity index (χ2n) is 4.06. The Morgan fingerprint density at radius 1 is 1.07 bits per heavy atom. The molecule has 0 aliphatic heterocycles. The van der Waals surface area contributed by atoms with E-state index in [1.54, 1.807) is 0 Å². The molecule has 0 aromatic carbocycles. The summed E-state index contributed by atoms with van der Waals surface area (Å²) in [6.45, 7) is 8.06. The van der Waals surface area contributed by atoms with E-state index < -0.39 is 8.56 Å². The van der Waals surface area contributed by atoms with Crippen molar-refractivity contribution in [2.45, 2.75) is 58.0 Å². The molecule has 0 aromatic rings. The number of rotatable bonds is 7. The fourth-order valence-corrected chi connectivity index (χ4v) is 6.52. The molecule has 0 atom stereocenters. The van der Waals surface area contributed by atoms with E-state index in [2.05, 4.69) is 20.8 Å². The van der Waals surface area contributed by atoms with Crippen molar-refractivity contribution in [2.75, 3.05) is 13.2 Å². The average Bonchev–Trinajstić information content (AvgIpc) is 2.02. The predicted molar refractivity (Wildman–Crippen MR) is 61.7 cm³/mol. The average molecular weight is 216 g/mol. The lowest BCUT2D eigenvalue weighted by atomic mass is 10.00. The first-order chi connectivity index (χ1) is 6.79. The van der Waals surface area contributed by atoms with Gasteiger partial charge in [-0.15, -0.1) is 0 Å². The van der Waals surface area contributed by atoms with E-state index in [4.69, 9.17) is 8.85 Å². The Morgan fingerprint density at radius 2 is 1.64 bits per heavy atom. The molecule has 1 rings (SSSR count). The standard InChI is InChI=1S/C11H24O2Si/c1-4-10-14(12-5-2,13-6-3)11-8-7-9-11/h11H,4-10H2,1-3H3. The normalized spacial score (nSPS) is 18.2. The van der Waals surface area contributed by atoms with E-state index in [0.717, 1.165) is 18.8 Å². The summed E-state index contributed by atoms with van der Waals surface area (Å²) in [6.07, 6.45) is 5.25. The van der Waals surface area contributed by atoms with E-state index >= 15 is 0 Å². The molecule has 0 heterocycles. The Bertz CT molecular complexity index is 140. The maximum atomic E-state index is 6.03. The molecular weight excluding hydrogens is 192 g/mol. The summed E-state index contributed by atoms with van der Waals surface area (Å²) in [5.74, 6) is 0. The molecule has 0 bridgehead atoms. The van der Waals surface area contributed by atoms with Crippen LogP contribution >= 0.6 is 0 Å². The van der Waals surface area contributed by atoms with Crippen LogP contribution in [0, 0.1) is 0 Å². The Labute approximate surface area is 89.2 Å². The highest BCUT2D eigenvalue weighted by Crippen LogP contribution is 2.44. The van der Waals surface area contributed by atoms with E-state index in [-0.39, 0.29) is 0 Å². The van der Waals surface area contributed by atoms with E-state index in [1.807, 2.05) is 0 Å². The maximum absolute atomic E-state index is 6.03. The van der Waals surface area contributed by atoms with Gasteiger partial charge in [-0.1, -0.05) is 19.8 Å². The molecule has 1 aliphatic carbocycles. The maximum Gasteiger partial charge on any atom is 0.341 e. The van der Waals surface area contributed by atoms with Gasteiger partial charge in [-0.2, -0.15) is 0 Å². The largest absolute Gasteiger partial charge is 0.394 e. The summed E-state index contributed by atoms with van der Waals surface area (Å²) in [6, 6.07) is 1.18. The molecule has 0 saturated heterocycles. The monoisotopic (exact) mass is 216 g/mol. The van der Waals surface area contributed by atoms with Crippen LogP contribution in [-0.4, -0.2) is 21.8 Å². The van der Waals surface area contributed by atoms with Crippen molar-refractivity contribution in [1.29, 1.82) is 0 Å². The van der Waals surface area contributed by atoms with Crippen LogP contribution in [0.4, 0.5) is 0 Å². The first-order valence-corrected chi connectivity index (χ1v) is 8.17. The van der Waals surface area contributed by atoms with Crippen LogP contribution in [0.1, 0.15) is 46.5 Å². The van der Waals surface area contributed by atoms with Crippen LogP contribution < -0.4 is 0 Å². The molecule has 14 heavy (non-hydrogen) atoms. The molecule has 0 aromatic heterocycles. The molecule has 1 saturated carbocycles. The Kier molecular flexibility index (Phi) is 5.13. The lowest BCUT2D eigenvalue weighted by molar-refractivity contribution is 0.157. The lowest BCUT2D eigenvalue weighted by Gasteiger charge is -2.41. The lowest BCUT2D eigenvalue weighted by Crippen LogP contribution is -2.49. The van der Waals surface area contributed by atoms with Gasteiger partial charge in [0.1, 0.15) is 0 Å². The fourth-order valence-electron chi connectivity index (χ4n) is 2.31. The molecule has 0 spiro atoms. The van der Waals surface area contributed by atoms with Gasteiger partial charge in [-0.3, -0.25) is 0 Å². The summed E-state index contributed by atoms with van der Waals surface area (Å²) >= 11 is 0. The van der Waals surface area contributed by atoms with E-state index in [0.29, 0.717) is 0 Å². The molecular formula is C11H24O2Si. The zero-order chi connectivity index (χ0) is 10.4. The topological polar surface area (TPSA) is 18.5 Å². The van der Waals surface area contributed by atoms with Crippen molar-refractivity contribution in [3.05, 3.63) is 0 Å². The Balaban J connectivity index is 2.60. The molecule has 0 amide bonds. The van der Waals surface area contributed by atoms with Gasteiger partial charge in [0.05, 0.1) is 0 Å². The summed E-state index contributed by atoms with van der Waals surface area (Å²) in [5.41, 5.74) is 0.780. The minimum atomic E-state index is -1.81. The van der Waals surface area contributed by atoms with Crippen LogP contribution in [-0.2, 0) is 8.85 Å². The highest BCUT2D eigenvalue weighted by Gasteiger charge is 2.47. The van der Waals surface area contributed by atoms with Gasteiger partial charge in [0.25, 0.3) is 0 Å². The minimum absolute atomic E-state index is 0.780. The van der Waals surface area contributed by atoms with Gasteiger partial charge >= 0.3 is 8.56 Å². The van der Waals surface area contributed by atoms with E-state index in [1.165, 1.54) is 31.7 Å². The summed E-state index contributed by atoms with van der Waals surface area (Å²) in [4.78, 5) is 0. The highest BCUT2D eigenvalue weighted by molar-refractivity contribution is 6.69. The van der Waals surface area contributed by atoms with Crippen LogP contribution in [0.25, 0.3) is 0 Å². The van der Waals surface area contributed by atoms with Crippen molar-refractivity contribution in [1.82, 2.24) is 0 Å². The van der Waals surface area contributed by atoms with Gasteiger partial charge in [0.2, 0.25) is 0 Å². The number of hydrogen-bond acceptors (Lipinski definition) is 2. The molecule has 84 valence electrons. The third kappa shape index (κ3) is 2.58. The summed E-state index contributed by atoms with van der Waals surface area (Å²) in [7, 11) is -1.81. The van der Waals surface area contributed by atoms with Gasteiger partial charge in [-0.25, -0.2) is 0 Å². The van der Waals surface area contributed by atoms with Crippen LogP contribution in [0.3, 0.4) is 0 Å². The van der Waals surface area contributed by atoms with Gasteiger partial charge in [-0.05, 0) is 32.7 Å². The molecule has 3 heteroatoms. The third-order valence-corrected chi connectivity index (χ3v) is 7.68. The van der Waals surface area contributed by atoms with Crippen molar-refractivity contribution < 1.29 is 8.85 Å². The first-order valence-electron chi connectivity index (χ1n) is 6.07. The third-order valence-electron chi connectivity index (χ3n) is 3.10. The zero-order valence-corrected chi connectivity index (χ0v) is 10.8. The zero-order valence-electron chi connectivity index (χ0n) is 9.84. The smallest absolute Gasteiger partial charge is 0.341 e. The SMILES string of the molecule is CCC[Si](OCC)(OCC)C1CCC1. The molecule has 2 nitrogen and oxygen atoms in total. The number of hydrogen-bond donors (Lipinski definition) is 0. The summed E-state index contributed by atoms with van der Waals surface area (Å²) < 4.78 is 12.1. The van der Waals surface area contributed by atoms with Gasteiger partial charge < -0.3 is 8.85 Å². The summed E-state index contributed by atoms with van der Waals surface area (Å²) in [5, 5.41) is 0. The van der Waals surface area contributed by atoms with Gasteiger partial charge in [0.15, 0.2) is 0 Å². The first kappa shape index (κ1) is 12.2. The molecule has 0 N–H and O–H groups in total. The van der Waals surface area contributed by atoms with Gasteiger partial charge in [0, 0.05) is 18.8 Å².